The fourth-order valence-electron chi connectivity index (χ4n) is 2.35. The first-order valence-electron chi connectivity index (χ1n) is 5.52. The van der Waals surface area contributed by atoms with E-state index in [0.717, 1.165) is 23.1 Å². The molecular formula is C13H17NO2. The second kappa shape index (κ2) is 3.91. The van der Waals surface area contributed by atoms with Crippen LogP contribution in [0.1, 0.15) is 28.4 Å². The van der Waals surface area contributed by atoms with Gasteiger partial charge in [-0.3, -0.25) is 0 Å². The van der Waals surface area contributed by atoms with Crippen molar-refractivity contribution in [3.63, 3.8) is 0 Å². The Labute approximate surface area is 95.8 Å². The van der Waals surface area contributed by atoms with Gasteiger partial charge in [-0.05, 0) is 32.0 Å². The molecule has 86 valence electrons. The second-order valence-electron chi connectivity index (χ2n) is 4.66. The number of nitrogens with one attached hydrogen (secondary N) is 1. The van der Waals surface area contributed by atoms with E-state index in [1.54, 1.807) is 0 Å². The topological polar surface area (TPSA) is 38.3 Å². The quantitative estimate of drug-likeness (QED) is 0.769. The van der Waals surface area contributed by atoms with Crippen LogP contribution in [0.15, 0.2) is 18.2 Å². The highest BCUT2D eigenvalue weighted by Crippen LogP contribution is 2.29. The molecular weight excluding hydrogens is 202 g/mol. The summed E-state index contributed by atoms with van der Waals surface area (Å²) in [5.74, 6) is -0.197. The summed E-state index contributed by atoms with van der Waals surface area (Å²) in [4.78, 5) is 11.9. The van der Waals surface area contributed by atoms with Crippen molar-refractivity contribution >= 4 is 5.97 Å². The number of cyclic esters (lactones) is 1. The summed E-state index contributed by atoms with van der Waals surface area (Å²) in [5.41, 5.74) is 2.41. The Morgan fingerprint density at radius 1 is 1.50 bits per heavy atom. The second-order valence-corrected chi connectivity index (χ2v) is 4.66. The lowest BCUT2D eigenvalue weighted by Crippen LogP contribution is -2.46. The number of hydrogen-bond donors (Lipinski definition) is 1. The third-order valence-electron chi connectivity index (χ3n) is 3.02. The van der Waals surface area contributed by atoms with E-state index in [-0.39, 0.29) is 5.97 Å². The Balaban J connectivity index is 2.41. The van der Waals surface area contributed by atoms with Gasteiger partial charge in [0.2, 0.25) is 0 Å². The minimum absolute atomic E-state index is 0.197. The average molecular weight is 219 g/mol. The number of carbonyl (C=O) groups is 1. The maximum absolute atomic E-state index is 11.9. The first kappa shape index (κ1) is 11.1. The molecule has 0 amide bonds. The van der Waals surface area contributed by atoms with Crippen LogP contribution in [0.4, 0.5) is 0 Å². The van der Waals surface area contributed by atoms with Crippen LogP contribution in [-0.4, -0.2) is 25.2 Å². The molecule has 0 saturated heterocycles. The van der Waals surface area contributed by atoms with Gasteiger partial charge in [0.05, 0.1) is 5.56 Å². The molecule has 16 heavy (non-hydrogen) atoms. The third kappa shape index (κ3) is 1.83. The normalized spacial score (nSPS) is 23.8. The van der Waals surface area contributed by atoms with Crippen LogP contribution < -0.4 is 5.32 Å². The maximum atomic E-state index is 11.9. The number of hydrogen-bond acceptors (Lipinski definition) is 3. The molecule has 1 unspecified atom stereocenters. The van der Waals surface area contributed by atoms with E-state index >= 15 is 0 Å². The van der Waals surface area contributed by atoms with Crippen molar-refractivity contribution in [2.45, 2.75) is 25.9 Å². The number of esters is 1. The van der Waals surface area contributed by atoms with Crippen LogP contribution in [0, 0.1) is 6.92 Å². The maximum Gasteiger partial charge on any atom is 0.339 e. The number of aryl methyl sites for hydroxylation is 1. The van der Waals surface area contributed by atoms with Crippen molar-refractivity contribution in [2.75, 3.05) is 13.6 Å². The molecule has 3 nitrogen and oxygen atoms in total. The van der Waals surface area contributed by atoms with Crippen molar-refractivity contribution < 1.29 is 9.53 Å². The van der Waals surface area contributed by atoms with Gasteiger partial charge in [-0.2, -0.15) is 0 Å². The number of ether oxygens (including phenoxy) is 1. The van der Waals surface area contributed by atoms with Gasteiger partial charge in [-0.25, -0.2) is 4.79 Å². The zero-order valence-corrected chi connectivity index (χ0v) is 9.96. The number of fused-ring (bicyclic) bond motifs is 1. The van der Waals surface area contributed by atoms with E-state index in [1.165, 1.54) is 0 Å². The smallest absolute Gasteiger partial charge is 0.339 e. The molecule has 0 fully saturated rings. The number of benzene rings is 1. The predicted octanol–water partition coefficient (Wildman–Crippen LogP) is 1.69. The molecule has 1 aromatic rings. The summed E-state index contributed by atoms with van der Waals surface area (Å²) in [5, 5.41) is 3.07. The van der Waals surface area contributed by atoms with Crippen LogP contribution in [0.2, 0.25) is 0 Å². The van der Waals surface area contributed by atoms with Crippen molar-refractivity contribution in [3.05, 3.63) is 34.9 Å². The fraction of sp³-hybridized carbons (Fsp3) is 0.462. The Hall–Kier alpha value is -1.35. The standard InChI is InChI=1S/C13H17NO2/c1-9-5-4-6-10-7-13(2,8-14-3)16-12(15)11(9)10/h4-6,14H,7-8H2,1-3H3. The highest BCUT2D eigenvalue weighted by Gasteiger charge is 2.36. The minimum atomic E-state index is -0.424. The summed E-state index contributed by atoms with van der Waals surface area (Å²) >= 11 is 0. The van der Waals surface area contributed by atoms with Crippen LogP contribution >= 0.6 is 0 Å². The molecule has 1 aliphatic rings. The molecule has 0 aromatic heterocycles. The summed E-state index contributed by atoms with van der Waals surface area (Å²) in [6, 6.07) is 5.95. The van der Waals surface area contributed by atoms with Gasteiger partial charge in [-0.15, -0.1) is 0 Å². The van der Waals surface area contributed by atoms with Crippen LogP contribution in [0.3, 0.4) is 0 Å². The molecule has 1 aromatic carbocycles. The van der Waals surface area contributed by atoms with Crippen LogP contribution in [0.25, 0.3) is 0 Å². The van der Waals surface area contributed by atoms with E-state index in [4.69, 9.17) is 4.74 Å². The SMILES string of the molecule is CNCC1(C)Cc2cccc(C)c2C(=O)O1. The Morgan fingerprint density at radius 3 is 2.94 bits per heavy atom. The Morgan fingerprint density at radius 2 is 2.25 bits per heavy atom. The summed E-state index contributed by atoms with van der Waals surface area (Å²) in [7, 11) is 1.87. The minimum Gasteiger partial charge on any atom is -0.454 e. The lowest BCUT2D eigenvalue weighted by molar-refractivity contribution is -0.0141. The lowest BCUT2D eigenvalue weighted by atomic mass is 9.88. The van der Waals surface area contributed by atoms with Crippen LogP contribution in [0.5, 0.6) is 0 Å². The lowest BCUT2D eigenvalue weighted by Gasteiger charge is -2.34. The molecule has 1 heterocycles. The van der Waals surface area contributed by atoms with Gasteiger partial charge >= 0.3 is 5.97 Å². The van der Waals surface area contributed by atoms with E-state index < -0.39 is 5.60 Å². The van der Waals surface area contributed by atoms with E-state index in [0.29, 0.717) is 6.54 Å². The largest absolute Gasteiger partial charge is 0.454 e. The van der Waals surface area contributed by atoms with Crippen molar-refractivity contribution in [3.8, 4) is 0 Å². The predicted molar refractivity (Wildman–Crippen MR) is 62.6 cm³/mol. The number of carbonyl (C=O) groups excluding carboxylic acids is 1. The Bertz CT molecular complexity index is 428. The molecule has 1 atom stereocenters. The first-order valence-corrected chi connectivity index (χ1v) is 5.52. The molecule has 2 rings (SSSR count). The van der Waals surface area contributed by atoms with Gasteiger partial charge in [-0.1, -0.05) is 18.2 Å². The molecule has 0 spiro atoms. The fourth-order valence-corrected chi connectivity index (χ4v) is 2.35. The summed E-state index contributed by atoms with van der Waals surface area (Å²) < 4.78 is 5.52. The van der Waals surface area contributed by atoms with E-state index in [1.807, 2.05) is 39.1 Å². The van der Waals surface area contributed by atoms with Crippen molar-refractivity contribution in [1.29, 1.82) is 0 Å². The van der Waals surface area contributed by atoms with E-state index in [9.17, 15) is 4.79 Å². The molecule has 0 radical (unpaired) electrons. The molecule has 0 saturated carbocycles. The van der Waals surface area contributed by atoms with Gasteiger partial charge in [0, 0.05) is 13.0 Å². The molecule has 3 heteroatoms. The average Bonchev–Trinajstić information content (AvgIpc) is 2.16. The molecule has 0 bridgehead atoms. The summed E-state index contributed by atoms with van der Waals surface area (Å²) in [6.45, 7) is 4.58. The summed E-state index contributed by atoms with van der Waals surface area (Å²) in [6.07, 6.45) is 0.774. The number of rotatable bonds is 2. The Kier molecular flexibility index (Phi) is 2.72. The van der Waals surface area contributed by atoms with Gasteiger partial charge in [0.25, 0.3) is 0 Å². The highest BCUT2D eigenvalue weighted by atomic mass is 16.6. The van der Waals surface area contributed by atoms with Gasteiger partial charge in [0.15, 0.2) is 0 Å². The van der Waals surface area contributed by atoms with E-state index in [2.05, 4.69) is 5.32 Å². The molecule has 1 N–H and O–H groups in total. The molecule has 1 aliphatic heterocycles. The highest BCUT2D eigenvalue weighted by molar-refractivity contribution is 5.94. The zero-order valence-electron chi connectivity index (χ0n) is 9.96. The van der Waals surface area contributed by atoms with Gasteiger partial charge < -0.3 is 10.1 Å². The van der Waals surface area contributed by atoms with Crippen molar-refractivity contribution in [2.24, 2.45) is 0 Å². The zero-order chi connectivity index (χ0) is 11.8. The van der Waals surface area contributed by atoms with Crippen molar-refractivity contribution in [1.82, 2.24) is 5.32 Å². The first-order chi connectivity index (χ1) is 7.56. The molecule has 0 aliphatic carbocycles. The number of likely N-dealkylation sites (N-methyl/N-ethyl adjacent to an activating group) is 1. The van der Waals surface area contributed by atoms with Crippen LogP contribution in [-0.2, 0) is 11.2 Å². The third-order valence-corrected chi connectivity index (χ3v) is 3.02. The van der Waals surface area contributed by atoms with Gasteiger partial charge in [0.1, 0.15) is 5.60 Å². The monoisotopic (exact) mass is 219 g/mol.